The molecule has 1 saturated carbocycles. The van der Waals surface area contributed by atoms with Gasteiger partial charge in [0.1, 0.15) is 0 Å². The highest BCUT2D eigenvalue weighted by atomic mass is 35.5. The van der Waals surface area contributed by atoms with Crippen LogP contribution < -0.4 is 15.8 Å². The maximum absolute atomic E-state index is 12.2. The fourth-order valence-corrected chi connectivity index (χ4v) is 3.72. The average Bonchev–Trinajstić information content (AvgIpc) is 3.01. The quantitative estimate of drug-likeness (QED) is 0.703. The van der Waals surface area contributed by atoms with E-state index in [-0.39, 0.29) is 35.0 Å². The van der Waals surface area contributed by atoms with Gasteiger partial charge < -0.3 is 11.1 Å². The summed E-state index contributed by atoms with van der Waals surface area (Å²) in [6.07, 6.45) is 2.92. The lowest BCUT2D eigenvalue weighted by atomic mass is 9.95. The molecule has 1 amide bonds. The Morgan fingerprint density at radius 3 is 2.74 bits per heavy atom. The van der Waals surface area contributed by atoms with Crippen LogP contribution in [0, 0.1) is 11.8 Å². The summed E-state index contributed by atoms with van der Waals surface area (Å²) in [5.41, 5.74) is 6.46. The number of benzene rings is 1. The molecular weight excluding hydrogens is 338 g/mol. The molecule has 0 bridgehead atoms. The number of sulfonamides is 1. The van der Waals surface area contributed by atoms with Gasteiger partial charge in [-0.2, -0.15) is 0 Å². The van der Waals surface area contributed by atoms with E-state index in [0.29, 0.717) is 13.1 Å². The zero-order chi connectivity index (χ0) is 16.2. The average molecular weight is 362 g/mol. The first-order valence-corrected chi connectivity index (χ1v) is 8.96. The van der Waals surface area contributed by atoms with E-state index in [1.807, 2.05) is 0 Å². The number of carbonyl (C=O) groups is 1. The minimum Gasteiger partial charge on any atom is -0.352 e. The molecule has 0 spiro atoms. The minimum atomic E-state index is -3.47. The molecule has 6 nitrogen and oxygen atoms in total. The molecule has 2 rings (SSSR count). The number of nitrogens with two attached hydrogens (primary N) is 1. The van der Waals surface area contributed by atoms with Crippen molar-refractivity contribution in [1.29, 1.82) is 0 Å². The van der Waals surface area contributed by atoms with Gasteiger partial charge in [0.25, 0.3) is 0 Å². The largest absolute Gasteiger partial charge is 0.352 e. The number of carbonyl (C=O) groups excluding carboxylic acids is 1. The molecule has 0 aliphatic heterocycles. The Bertz CT molecular complexity index is 637. The molecule has 0 saturated heterocycles. The molecule has 1 aromatic rings. The monoisotopic (exact) mass is 361 g/mol. The molecule has 1 aliphatic carbocycles. The molecule has 0 unspecified atom stereocenters. The van der Waals surface area contributed by atoms with Crippen molar-refractivity contribution in [2.45, 2.75) is 30.7 Å². The lowest BCUT2D eigenvalue weighted by Crippen LogP contribution is -2.34. The number of nitrogens with one attached hydrogen (secondary N) is 2. The summed E-state index contributed by atoms with van der Waals surface area (Å²) < 4.78 is 25.8. The lowest BCUT2D eigenvalue weighted by Gasteiger charge is -2.17. The first-order chi connectivity index (χ1) is 10.5. The Morgan fingerprint density at radius 1 is 1.35 bits per heavy atom. The fraction of sp³-hybridized carbons (Fsp3) is 0.533. The summed E-state index contributed by atoms with van der Waals surface area (Å²) in [4.78, 5) is 12.4. The highest BCUT2D eigenvalue weighted by Gasteiger charge is 2.31. The van der Waals surface area contributed by atoms with Gasteiger partial charge in [-0.1, -0.05) is 18.6 Å². The van der Waals surface area contributed by atoms with Gasteiger partial charge in [0, 0.05) is 12.5 Å². The molecule has 0 heterocycles. The van der Waals surface area contributed by atoms with Crippen LogP contribution in [0.15, 0.2) is 29.2 Å². The first kappa shape index (κ1) is 19.9. The van der Waals surface area contributed by atoms with Crippen molar-refractivity contribution >= 4 is 28.3 Å². The van der Waals surface area contributed by atoms with Gasteiger partial charge in [0.05, 0.1) is 4.90 Å². The Balaban J connectivity index is 0.00000264. The first-order valence-electron chi connectivity index (χ1n) is 7.48. The van der Waals surface area contributed by atoms with Crippen LogP contribution in [0.5, 0.6) is 0 Å². The van der Waals surface area contributed by atoms with E-state index in [9.17, 15) is 13.2 Å². The van der Waals surface area contributed by atoms with Crippen LogP contribution in [0.3, 0.4) is 0 Å². The van der Waals surface area contributed by atoms with E-state index in [1.165, 1.54) is 13.1 Å². The normalized spacial score (nSPS) is 20.8. The second-order valence-electron chi connectivity index (χ2n) is 5.61. The molecule has 1 fully saturated rings. The summed E-state index contributed by atoms with van der Waals surface area (Å²) in [7, 11) is -2.10. The second-order valence-corrected chi connectivity index (χ2v) is 7.49. The summed E-state index contributed by atoms with van der Waals surface area (Å²) in [6, 6.07) is 6.56. The summed E-state index contributed by atoms with van der Waals surface area (Å²) in [5, 5.41) is 2.89. The van der Waals surface area contributed by atoms with Gasteiger partial charge in [0.2, 0.25) is 15.9 Å². The second kappa shape index (κ2) is 8.63. The van der Waals surface area contributed by atoms with Crippen molar-refractivity contribution in [3.05, 3.63) is 29.8 Å². The van der Waals surface area contributed by atoms with Crippen LogP contribution in [-0.4, -0.2) is 27.9 Å². The Labute approximate surface area is 143 Å². The van der Waals surface area contributed by atoms with Crippen molar-refractivity contribution in [2.75, 3.05) is 13.6 Å². The van der Waals surface area contributed by atoms with E-state index >= 15 is 0 Å². The van der Waals surface area contributed by atoms with Crippen LogP contribution in [0.4, 0.5) is 0 Å². The number of hydrogen-bond acceptors (Lipinski definition) is 4. The highest BCUT2D eigenvalue weighted by molar-refractivity contribution is 7.89. The van der Waals surface area contributed by atoms with Crippen LogP contribution in [0.25, 0.3) is 0 Å². The molecule has 130 valence electrons. The van der Waals surface area contributed by atoms with Crippen LogP contribution >= 0.6 is 12.4 Å². The lowest BCUT2D eigenvalue weighted by molar-refractivity contribution is -0.126. The number of hydrogen-bond donors (Lipinski definition) is 3. The molecule has 8 heteroatoms. The summed E-state index contributed by atoms with van der Waals surface area (Å²) in [6.45, 7) is 0.855. The van der Waals surface area contributed by atoms with E-state index in [2.05, 4.69) is 10.0 Å². The van der Waals surface area contributed by atoms with Gasteiger partial charge in [0.15, 0.2) is 0 Å². The van der Waals surface area contributed by atoms with Crippen LogP contribution in [-0.2, 0) is 21.4 Å². The SMILES string of the molecule is CNS(=O)(=O)c1cccc(CNC(=O)[C@@H]2CCC[C@@H]2CN)c1.Cl. The maximum Gasteiger partial charge on any atom is 0.240 e. The smallest absolute Gasteiger partial charge is 0.240 e. The topological polar surface area (TPSA) is 101 Å². The molecule has 23 heavy (non-hydrogen) atoms. The van der Waals surface area contributed by atoms with Gasteiger partial charge in [-0.15, -0.1) is 12.4 Å². The van der Waals surface area contributed by atoms with Crippen molar-refractivity contribution in [1.82, 2.24) is 10.0 Å². The number of amides is 1. The molecule has 4 N–H and O–H groups in total. The van der Waals surface area contributed by atoms with Crippen molar-refractivity contribution in [3.8, 4) is 0 Å². The van der Waals surface area contributed by atoms with E-state index in [4.69, 9.17) is 5.73 Å². The van der Waals surface area contributed by atoms with Crippen LogP contribution in [0.2, 0.25) is 0 Å². The van der Waals surface area contributed by atoms with Gasteiger partial charge in [-0.25, -0.2) is 13.1 Å². The summed E-state index contributed by atoms with van der Waals surface area (Å²) >= 11 is 0. The fourth-order valence-electron chi connectivity index (χ4n) is 2.92. The zero-order valence-corrected chi connectivity index (χ0v) is 14.8. The predicted molar refractivity (Wildman–Crippen MR) is 91.7 cm³/mol. The third kappa shape index (κ3) is 4.91. The van der Waals surface area contributed by atoms with Crippen molar-refractivity contribution < 1.29 is 13.2 Å². The Kier molecular flexibility index (Phi) is 7.47. The molecule has 1 aliphatic rings. The van der Waals surface area contributed by atoms with Gasteiger partial charge in [-0.05, 0) is 50.0 Å². The zero-order valence-electron chi connectivity index (χ0n) is 13.1. The third-order valence-corrected chi connectivity index (χ3v) is 5.65. The minimum absolute atomic E-state index is 0. The molecule has 0 aromatic heterocycles. The number of rotatable bonds is 6. The standard InChI is InChI=1S/C15H23N3O3S.ClH/c1-17-22(20,21)13-6-2-4-11(8-13)10-18-15(19)14-7-3-5-12(14)9-16;/h2,4,6,8,12,14,17H,3,5,7,9-10,16H2,1H3,(H,18,19);1H/t12-,14-;/m1./s1. The molecule has 2 atom stereocenters. The summed E-state index contributed by atoms with van der Waals surface area (Å²) in [5.74, 6) is 0.250. The Hall–Kier alpha value is -1.15. The van der Waals surface area contributed by atoms with Gasteiger partial charge >= 0.3 is 0 Å². The van der Waals surface area contributed by atoms with Crippen molar-refractivity contribution in [2.24, 2.45) is 17.6 Å². The molecule has 1 aromatic carbocycles. The molecular formula is C15H24ClN3O3S. The Morgan fingerprint density at radius 2 is 2.09 bits per heavy atom. The van der Waals surface area contributed by atoms with E-state index in [1.54, 1.807) is 18.2 Å². The van der Waals surface area contributed by atoms with Crippen molar-refractivity contribution in [3.63, 3.8) is 0 Å². The highest BCUT2D eigenvalue weighted by Crippen LogP contribution is 2.31. The van der Waals surface area contributed by atoms with E-state index in [0.717, 1.165) is 24.8 Å². The third-order valence-electron chi connectivity index (χ3n) is 4.24. The van der Waals surface area contributed by atoms with Gasteiger partial charge in [-0.3, -0.25) is 4.79 Å². The van der Waals surface area contributed by atoms with E-state index < -0.39 is 10.0 Å². The molecule has 0 radical (unpaired) electrons. The van der Waals surface area contributed by atoms with Crippen LogP contribution in [0.1, 0.15) is 24.8 Å². The predicted octanol–water partition coefficient (Wildman–Crippen LogP) is 1.01. The maximum atomic E-state index is 12.2. The number of halogens is 1.